The number of nitrogen functional groups attached to an aromatic ring is 1. The van der Waals surface area contributed by atoms with Crippen LogP contribution in [0.1, 0.15) is 19.8 Å². The summed E-state index contributed by atoms with van der Waals surface area (Å²) in [5.74, 6) is -0.276. The molecule has 122 valence electrons. The normalized spacial score (nSPS) is 15.7. The summed E-state index contributed by atoms with van der Waals surface area (Å²) in [5, 5.41) is 0. The van der Waals surface area contributed by atoms with Crippen LogP contribution in [0.2, 0.25) is 0 Å². The lowest BCUT2D eigenvalue weighted by atomic mass is 9.99. The fraction of sp³-hybridized carbons (Fsp3) is 0.375. The first-order chi connectivity index (χ1) is 11.0. The molecular formula is C16H18F2N4O. The Morgan fingerprint density at radius 1 is 1.22 bits per heavy atom. The summed E-state index contributed by atoms with van der Waals surface area (Å²) >= 11 is 0. The van der Waals surface area contributed by atoms with Gasteiger partial charge in [-0.05, 0) is 30.9 Å². The van der Waals surface area contributed by atoms with E-state index in [0.717, 1.165) is 38.1 Å². The van der Waals surface area contributed by atoms with Gasteiger partial charge in [0, 0.05) is 19.2 Å². The van der Waals surface area contributed by atoms with Crippen molar-refractivity contribution >= 4 is 11.5 Å². The van der Waals surface area contributed by atoms with Gasteiger partial charge in [0.25, 0.3) is 0 Å². The lowest BCUT2D eigenvalue weighted by molar-refractivity contribution is 0.421. The summed E-state index contributed by atoms with van der Waals surface area (Å²) in [5.41, 5.74) is 6.34. The first kappa shape index (κ1) is 15.5. The van der Waals surface area contributed by atoms with Crippen molar-refractivity contribution in [2.45, 2.75) is 19.8 Å². The van der Waals surface area contributed by atoms with Crippen LogP contribution in [0.5, 0.6) is 11.6 Å². The second-order valence-corrected chi connectivity index (χ2v) is 5.76. The zero-order chi connectivity index (χ0) is 16.4. The second-order valence-electron chi connectivity index (χ2n) is 5.76. The molecule has 1 aliphatic rings. The second kappa shape index (κ2) is 6.36. The minimum Gasteiger partial charge on any atom is -0.434 e. The lowest BCUT2D eigenvalue weighted by Gasteiger charge is -2.31. The van der Waals surface area contributed by atoms with Gasteiger partial charge in [0.2, 0.25) is 5.88 Å². The third-order valence-corrected chi connectivity index (χ3v) is 4.01. The van der Waals surface area contributed by atoms with Crippen molar-refractivity contribution in [2.24, 2.45) is 5.92 Å². The fourth-order valence-electron chi connectivity index (χ4n) is 2.59. The molecule has 3 rings (SSSR count). The maximum atomic E-state index is 13.7. The van der Waals surface area contributed by atoms with Gasteiger partial charge in [-0.1, -0.05) is 6.92 Å². The number of nitrogens with two attached hydrogens (primary N) is 1. The monoisotopic (exact) mass is 320 g/mol. The van der Waals surface area contributed by atoms with Crippen molar-refractivity contribution < 1.29 is 13.5 Å². The van der Waals surface area contributed by atoms with Crippen molar-refractivity contribution in [1.82, 2.24) is 9.97 Å². The van der Waals surface area contributed by atoms with E-state index in [1.54, 1.807) is 0 Å². The Morgan fingerprint density at radius 3 is 2.65 bits per heavy atom. The number of anilines is 2. The number of ether oxygens (including phenoxy) is 1. The van der Waals surface area contributed by atoms with Gasteiger partial charge < -0.3 is 15.4 Å². The molecule has 0 unspecified atom stereocenters. The number of benzene rings is 1. The lowest BCUT2D eigenvalue weighted by Crippen LogP contribution is -2.34. The molecule has 1 saturated heterocycles. The molecule has 1 fully saturated rings. The highest BCUT2D eigenvalue weighted by Gasteiger charge is 2.21. The average Bonchev–Trinajstić information content (AvgIpc) is 2.53. The molecule has 2 aromatic rings. The molecule has 0 spiro atoms. The standard InChI is InChI=1S/C16H18F2N4O/c1-10-4-6-22(7-5-10)15-14(19)16(21-9-20-15)23-13-3-2-11(17)8-12(13)18/h2-3,8-10H,4-7,19H2,1H3. The summed E-state index contributed by atoms with van der Waals surface area (Å²) < 4.78 is 32.1. The number of rotatable bonds is 3. The highest BCUT2D eigenvalue weighted by Crippen LogP contribution is 2.34. The average molecular weight is 320 g/mol. The van der Waals surface area contributed by atoms with Crippen LogP contribution >= 0.6 is 0 Å². The van der Waals surface area contributed by atoms with Crippen LogP contribution in [0.15, 0.2) is 24.5 Å². The van der Waals surface area contributed by atoms with E-state index in [1.165, 1.54) is 12.4 Å². The van der Waals surface area contributed by atoms with Crippen LogP contribution in [0.4, 0.5) is 20.3 Å². The molecule has 0 bridgehead atoms. The van der Waals surface area contributed by atoms with E-state index >= 15 is 0 Å². The maximum absolute atomic E-state index is 13.7. The number of aromatic nitrogens is 2. The van der Waals surface area contributed by atoms with Crippen LogP contribution in [-0.2, 0) is 0 Å². The molecule has 0 saturated carbocycles. The third kappa shape index (κ3) is 3.33. The van der Waals surface area contributed by atoms with Crippen LogP contribution in [-0.4, -0.2) is 23.1 Å². The maximum Gasteiger partial charge on any atom is 0.248 e. The highest BCUT2D eigenvalue weighted by atomic mass is 19.1. The first-order valence-corrected chi connectivity index (χ1v) is 7.53. The van der Waals surface area contributed by atoms with Gasteiger partial charge in [-0.15, -0.1) is 0 Å². The van der Waals surface area contributed by atoms with Gasteiger partial charge in [-0.25, -0.2) is 13.8 Å². The number of hydrogen-bond donors (Lipinski definition) is 1. The summed E-state index contributed by atoms with van der Waals surface area (Å²) in [6, 6.07) is 3.07. The fourth-order valence-corrected chi connectivity index (χ4v) is 2.59. The Hall–Kier alpha value is -2.44. The number of hydrogen-bond acceptors (Lipinski definition) is 5. The zero-order valence-corrected chi connectivity index (χ0v) is 12.8. The molecule has 0 aliphatic carbocycles. The Labute approximate surface area is 133 Å². The predicted molar refractivity (Wildman–Crippen MR) is 83.5 cm³/mol. The molecule has 23 heavy (non-hydrogen) atoms. The Balaban J connectivity index is 1.85. The minimum absolute atomic E-state index is 0.0686. The zero-order valence-electron chi connectivity index (χ0n) is 12.8. The quantitative estimate of drug-likeness (QED) is 0.939. The minimum atomic E-state index is -0.809. The molecule has 5 nitrogen and oxygen atoms in total. The Morgan fingerprint density at radius 2 is 1.96 bits per heavy atom. The molecule has 1 aromatic heterocycles. The van der Waals surface area contributed by atoms with E-state index < -0.39 is 11.6 Å². The molecule has 0 amide bonds. The van der Waals surface area contributed by atoms with E-state index in [2.05, 4.69) is 21.8 Å². The summed E-state index contributed by atoms with van der Waals surface area (Å²) in [6.45, 7) is 3.92. The largest absolute Gasteiger partial charge is 0.434 e. The van der Waals surface area contributed by atoms with Crippen molar-refractivity contribution in [3.05, 3.63) is 36.2 Å². The number of piperidine rings is 1. The van der Waals surface area contributed by atoms with Gasteiger partial charge in [0.05, 0.1) is 0 Å². The molecule has 0 atom stereocenters. The van der Waals surface area contributed by atoms with Gasteiger partial charge in [0.1, 0.15) is 17.8 Å². The van der Waals surface area contributed by atoms with Gasteiger partial charge >= 0.3 is 0 Å². The van der Waals surface area contributed by atoms with Crippen molar-refractivity contribution in [3.63, 3.8) is 0 Å². The van der Waals surface area contributed by atoms with E-state index in [1.807, 2.05) is 0 Å². The molecular weight excluding hydrogens is 302 g/mol. The smallest absolute Gasteiger partial charge is 0.248 e. The summed E-state index contributed by atoms with van der Waals surface area (Å²) in [4.78, 5) is 10.3. The molecule has 7 heteroatoms. The van der Waals surface area contributed by atoms with Crippen molar-refractivity contribution in [3.8, 4) is 11.6 Å². The van der Waals surface area contributed by atoms with E-state index in [0.29, 0.717) is 11.7 Å². The van der Waals surface area contributed by atoms with Crippen LogP contribution in [0.25, 0.3) is 0 Å². The van der Waals surface area contributed by atoms with E-state index in [4.69, 9.17) is 10.5 Å². The molecule has 2 heterocycles. The van der Waals surface area contributed by atoms with Crippen molar-refractivity contribution in [2.75, 3.05) is 23.7 Å². The SMILES string of the molecule is CC1CCN(c2ncnc(Oc3ccc(F)cc3F)c2N)CC1. The van der Waals surface area contributed by atoms with Gasteiger partial charge in [-0.3, -0.25) is 0 Å². The van der Waals surface area contributed by atoms with Crippen LogP contribution < -0.4 is 15.4 Å². The molecule has 1 aromatic carbocycles. The van der Waals surface area contributed by atoms with Crippen LogP contribution in [0, 0.1) is 17.6 Å². The highest BCUT2D eigenvalue weighted by molar-refractivity contribution is 5.68. The topological polar surface area (TPSA) is 64.3 Å². The number of nitrogens with zero attached hydrogens (tertiary/aromatic N) is 3. The van der Waals surface area contributed by atoms with E-state index in [-0.39, 0.29) is 17.3 Å². The third-order valence-electron chi connectivity index (χ3n) is 4.01. The summed E-state index contributed by atoms with van der Waals surface area (Å²) in [6.07, 6.45) is 3.46. The van der Waals surface area contributed by atoms with Crippen molar-refractivity contribution in [1.29, 1.82) is 0 Å². The molecule has 2 N–H and O–H groups in total. The Kier molecular flexibility index (Phi) is 4.27. The van der Waals surface area contributed by atoms with Crippen LogP contribution in [0.3, 0.4) is 0 Å². The first-order valence-electron chi connectivity index (χ1n) is 7.53. The van der Waals surface area contributed by atoms with Gasteiger partial charge in [0.15, 0.2) is 17.4 Å². The Bertz CT molecular complexity index is 702. The molecule has 0 radical (unpaired) electrons. The van der Waals surface area contributed by atoms with E-state index in [9.17, 15) is 8.78 Å². The number of halogens is 2. The predicted octanol–water partition coefficient (Wildman–Crippen LogP) is 3.37. The molecule has 1 aliphatic heterocycles. The van der Waals surface area contributed by atoms with Gasteiger partial charge in [-0.2, -0.15) is 4.98 Å². The summed E-state index contributed by atoms with van der Waals surface area (Å²) in [7, 11) is 0.